The quantitative estimate of drug-likeness (QED) is 0.571. The maximum Gasteiger partial charge on any atom is 0.164 e. The Morgan fingerprint density at radius 1 is 1.35 bits per heavy atom. The molecule has 4 nitrogen and oxygen atoms in total. The van der Waals surface area contributed by atoms with Gasteiger partial charge in [-0.05, 0) is 20.3 Å². The van der Waals surface area contributed by atoms with E-state index in [0.29, 0.717) is 0 Å². The fourth-order valence-corrected chi connectivity index (χ4v) is 1.80. The lowest BCUT2D eigenvalue weighted by Crippen LogP contribution is -2.36. The van der Waals surface area contributed by atoms with Gasteiger partial charge < -0.3 is 19.7 Å². The van der Waals surface area contributed by atoms with Crippen molar-refractivity contribution in [2.75, 3.05) is 6.61 Å². The first-order chi connectivity index (χ1) is 8.00. The van der Waals surface area contributed by atoms with Crippen molar-refractivity contribution >= 4 is 0 Å². The summed E-state index contributed by atoms with van der Waals surface area (Å²) in [4.78, 5) is 0. The van der Waals surface area contributed by atoms with Gasteiger partial charge in [-0.1, -0.05) is 19.3 Å². The van der Waals surface area contributed by atoms with Crippen molar-refractivity contribution < 1.29 is 19.7 Å². The molecular weight excluding hydrogens is 220 g/mol. The first-order valence-corrected chi connectivity index (χ1v) is 6.13. The lowest BCUT2D eigenvalue weighted by atomic mass is 10.1. The average Bonchev–Trinajstić information content (AvgIpc) is 2.60. The van der Waals surface area contributed by atoms with Crippen molar-refractivity contribution in [3.05, 3.63) is 0 Å². The van der Waals surface area contributed by atoms with Crippen molar-refractivity contribution in [1.29, 1.82) is 0 Å². The zero-order valence-corrected chi connectivity index (χ0v) is 10.8. The molecule has 0 aromatic heterocycles. The molecule has 0 spiro atoms. The molecular formula is C13H22O4. The van der Waals surface area contributed by atoms with Gasteiger partial charge in [0.05, 0.1) is 6.61 Å². The molecule has 0 aliphatic carbocycles. The largest absolute Gasteiger partial charge is 0.394 e. The summed E-state index contributed by atoms with van der Waals surface area (Å²) in [6.45, 7) is 5.43. The lowest BCUT2D eigenvalue weighted by molar-refractivity contribution is -0.154. The number of unbranched alkanes of at least 4 members (excludes halogenated alkanes) is 2. The number of rotatable bonds is 4. The molecule has 1 aliphatic rings. The van der Waals surface area contributed by atoms with Crippen LogP contribution in [0.5, 0.6) is 0 Å². The van der Waals surface area contributed by atoms with Crippen molar-refractivity contribution in [2.24, 2.45) is 0 Å². The Labute approximate surface area is 103 Å². The van der Waals surface area contributed by atoms with Crippen molar-refractivity contribution in [3.8, 4) is 11.8 Å². The maximum atomic E-state index is 9.89. The zero-order chi connectivity index (χ0) is 12.9. The Morgan fingerprint density at radius 2 is 2.06 bits per heavy atom. The van der Waals surface area contributed by atoms with Gasteiger partial charge in [0.2, 0.25) is 0 Å². The predicted molar refractivity (Wildman–Crippen MR) is 64.2 cm³/mol. The van der Waals surface area contributed by atoms with Gasteiger partial charge in [0.25, 0.3) is 0 Å². The van der Waals surface area contributed by atoms with Gasteiger partial charge in [-0.25, -0.2) is 0 Å². The van der Waals surface area contributed by atoms with E-state index < -0.39 is 24.1 Å². The summed E-state index contributed by atoms with van der Waals surface area (Å²) in [7, 11) is 0. The molecule has 1 fully saturated rings. The highest BCUT2D eigenvalue weighted by Gasteiger charge is 2.44. The van der Waals surface area contributed by atoms with Crippen LogP contribution in [0.4, 0.5) is 0 Å². The summed E-state index contributed by atoms with van der Waals surface area (Å²) in [5.41, 5.74) is 0. The van der Waals surface area contributed by atoms with E-state index in [1.807, 2.05) is 0 Å². The van der Waals surface area contributed by atoms with E-state index in [2.05, 4.69) is 18.8 Å². The highest BCUT2D eigenvalue weighted by atomic mass is 16.8. The summed E-state index contributed by atoms with van der Waals surface area (Å²) >= 11 is 0. The smallest absolute Gasteiger partial charge is 0.164 e. The number of hydrogen-bond donors (Lipinski definition) is 2. The number of ether oxygens (including phenoxy) is 2. The monoisotopic (exact) mass is 242 g/mol. The van der Waals surface area contributed by atoms with Gasteiger partial charge >= 0.3 is 0 Å². The van der Waals surface area contributed by atoms with Gasteiger partial charge in [0.15, 0.2) is 5.79 Å². The molecule has 98 valence electrons. The Morgan fingerprint density at radius 3 is 2.65 bits per heavy atom. The van der Waals surface area contributed by atoms with Crippen LogP contribution in [0.1, 0.15) is 40.0 Å². The predicted octanol–water partition coefficient (Wildman–Crippen LogP) is 1.05. The average molecular weight is 242 g/mol. The van der Waals surface area contributed by atoms with E-state index in [1.165, 1.54) is 0 Å². The fraction of sp³-hybridized carbons (Fsp3) is 0.846. The molecule has 0 bridgehead atoms. The highest BCUT2D eigenvalue weighted by Crippen LogP contribution is 2.29. The summed E-state index contributed by atoms with van der Waals surface area (Å²) in [6.07, 6.45) is 0.876. The van der Waals surface area contributed by atoms with Crippen LogP contribution in [0.25, 0.3) is 0 Å². The van der Waals surface area contributed by atoms with Crippen molar-refractivity contribution in [1.82, 2.24) is 0 Å². The molecule has 0 amide bonds. The zero-order valence-electron chi connectivity index (χ0n) is 10.8. The summed E-state index contributed by atoms with van der Waals surface area (Å²) < 4.78 is 11.0. The van der Waals surface area contributed by atoms with E-state index in [1.54, 1.807) is 13.8 Å². The Balaban J connectivity index is 2.55. The van der Waals surface area contributed by atoms with Gasteiger partial charge in [0.1, 0.15) is 18.3 Å². The summed E-state index contributed by atoms with van der Waals surface area (Å²) in [5.74, 6) is 4.89. The minimum absolute atomic E-state index is 0.179. The van der Waals surface area contributed by atoms with Crippen LogP contribution in [0, 0.1) is 11.8 Å². The summed E-state index contributed by atoms with van der Waals surface area (Å²) in [6, 6.07) is 0. The van der Waals surface area contributed by atoms with Crippen LogP contribution in [-0.2, 0) is 9.47 Å². The molecule has 3 atom stereocenters. The minimum Gasteiger partial charge on any atom is -0.394 e. The van der Waals surface area contributed by atoms with E-state index in [9.17, 15) is 5.11 Å². The molecule has 0 unspecified atom stereocenters. The number of aliphatic hydroxyl groups is 2. The van der Waals surface area contributed by atoms with Crippen molar-refractivity contribution in [2.45, 2.75) is 64.1 Å². The first-order valence-electron chi connectivity index (χ1n) is 6.13. The molecule has 0 saturated carbocycles. The lowest BCUT2D eigenvalue weighted by Gasteiger charge is -2.17. The maximum absolute atomic E-state index is 9.89. The van der Waals surface area contributed by atoms with E-state index in [-0.39, 0.29) is 6.61 Å². The molecule has 4 heteroatoms. The molecule has 1 heterocycles. The van der Waals surface area contributed by atoms with E-state index in [4.69, 9.17) is 14.6 Å². The molecule has 0 radical (unpaired) electrons. The Kier molecular flexibility index (Phi) is 5.41. The van der Waals surface area contributed by atoms with Gasteiger partial charge in [-0.2, -0.15) is 0 Å². The highest BCUT2D eigenvalue weighted by molar-refractivity contribution is 5.09. The number of hydrogen-bond acceptors (Lipinski definition) is 4. The molecule has 1 aliphatic heterocycles. The second-order valence-corrected chi connectivity index (χ2v) is 4.69. The molecule has 1 saturated heterocycles. The van der Waals surface area contributed by atoms with Crippen molar-refractivity contribution in [3.63, 3.8) is 0 Å². The Hall–Kier alpha value is -0.600. The third-order valence-electron chi connectivity index (χ3n) is 2.62. The molecule has 2 N–H and O–H groups in total. The SMILES string of the molecule is CCCCC#C[C@H](O)[C@@H]1OC(C)(C)O[C@@H]1CO. The van der Waals surface area contributed by atoms with Gasteiger partial charge in [-0.15, -0.1) is 5.92 Å². The third-order valence-corrected chi connectivity index (χ3v) is 2.62. The van der Waals surface area contributed by atoms with Crippen LogP contribution in [-0.4, -0.2) is 40.9 Å². The van der Waals surface area contributed by atoms with Gasteiger partial charge in [0, 0.05) is 6.42 Å². The van der Waals surface area contributed by atoms with Crippen LogP contribution in [0.2, 0.25) is 0 Å². The van der Waals surface area contributed by atoms with Crippen LogP contribution in [0.3, 0.4) is 0 Å². The molecule has 0 aromatic carbocycles. The molecule has 17 heavy (non-hydrogen) atoms. The normalized spacial score (nSPS) is 28.5. The molecule has 0 aromatic rings. The topological polar surface area (TPSA) is 58.9 Å². The minimum atomic E-state index is -0.911. The van der Waals surface area contributed by atoms with Crippen LogP contribution >= 0.6 is 0 Å². The first kappa shape index (κ1) is 14.5. The second kappa shape index (κ2) is 6.36. The van der Waals surface area contributed by atoms with Crippen LogP contribution in [0.15, 0.2) is 0 Å². The second-order valence-electron chi connectivity index (χ2n) is 4.69. The third kappa shape index (κ3) is 4.29. The standard InChI is InChI=1S/C13H22O4/c1-4-5-6-7-8-10(15)12-11(9-14)16-13(2,3)17-12/h10-12,14-15H,4-6,9H2,1-3H3/t10-,11+,12-/m0/s1. The van der Waals surface area contributed by atoms with Gasteiger partial charge in [-0.3, -0.25) is 0 Å². The van der Waals surface area contributed by atoms with E-state index in [0.717, 1.165) is 19.3 Å². The van der Waals surface area contributed by atoms with E-state index >= 15 is 0 Å². The number of aliphatic hydroxyl groups excluding tert-OH is 2. The Bertz CT molecular complexity index is 290. The molecule has 1 rings (SSSR count). The van der Waals surface area contributed by atoms with Crippen LogP contribution < -0.4 is 0 Å². The fourth-order valence-electron chi connectivity index (χ4n) is 1.80. The summed E-state index contributed by atoms with van der Waals surface area (Å²) in [5, 5.41) is 19.1.